The van der Waals surface area contributed by atoms with Gasteiger partial charge < -0.3 is 5.32 Å². The second-order valence-corrected chi connectivity index (χ2v) is 8.80. The zero-order valence-electron chi connectivity index (χ0n) is 16.1. The van der Waals surface area contributed by atoms with E-state index in [4.69, 9.17) is 9.97 Å². The maximum atomic E-state index is 4.91. The molecule has 3 aromatic rings. The van der Waals surface area contributed by atoms with Crippen LogP contribution in [0.1, 0.15) is 54.9 Å². The van der Waals surface area contributed by atoms with Crippen LogP contribution in [0.2, 0.25) is 0 Å². The lowest BCUT2D eigenvalue weighted by atomic mass is 9.97. The van der Waals surface area contributed by atoms with Gasteiger partial charge in [0.1, 0.15) is 10.6 Å². The Kier molecular flexibility index (Phi) is 4.69. The molecule has 5 nitrogen and oxygen atoms in total. The quantitative estimate of drug-likeness (QED) is 0.700. The van der Waals surface area contributed by atoms with Crippen molar-refractivity contribution in [3.05, 3.63) is 27.9 Å². The van der Waals surface area contributed by atoms with Crippen LogP contribution in [0.5, 0.6) is 0 Å². The number of hydrogen-bond donors (Lipinski definition) is 1. The maximum absolute atomic E-state index is 4.91. The molecule has 1 aliphatic rings. The van der Waals surface area contributed by atoms with Crippen molar-refractivity contribution in [3.63, 3.8) is 0 Å². The van der Waals surface area contributed by atoms with Crippen molar-refractivity contribution >= 4 is 27.4 Å². The van der Waals surface area contributed by atoms with Crippen LogP contribution in [-0.2, 0) is 12.8 Å². The number of anilines is 1. The zero-order chi connectivity index (χ0) is 18.3. The third kappa shape index (κ3) is 3.22. The summed E-state index contributed by atoms with van der Waals surface area (Å²) in [4.78, 5) is 12.4. The molecule has 1 N–H and O–H groups in total. The SMILES string of the molecule is Cc1cc(C)n(-c2nc(NCCC(C)C)c3c4c(sc3n2)CCCC4)n1. The first-order chi connectivity index (χ1) is 12.5. The molecule has 3 aromatic heterocycles. The smallest absolute Gasteiger partial charge is 0.254 e. The number of fused-ring (bicyclic) bond motifs is 3. The van der Waals surface area contributed by atoms with Crippen molar-refractivity contribution in [2.75, 3.05) is 11.9 Å². The van der Waals surface area contributed by atoms with Crippen molar-refractivity contribution in [2.24, 2.45) is 5.92 Å². The van der Waals surface area contributed by atoms with Crippen LogP contribution >= 0.6 is 11.3 Å². The number of thiophene rings is 1. The van der Waals surface area contributed by atoms with E-state index in [1.807, 2.05) is 22.9 Å². The molecule has 0 aromatic carbocycles. The molecule has 138 valence electrons. The van der Waals surface area contributed by atoms with Crippen molar-refractivity contribution in [1.29, 1.82) is 0 Å². The Morgan fingerprint density at radius 3 is 2.73 bits per heavy atom. The summed E-state index contributed by atoms with van der Waals surface area (Å²) < 4.78 is 1.86. The minimum absolute atomic E-state index is 0.673. The Bertz CT molecular complexity index is 937. The number of hydrogen-bond acceptors (Lipinski definition) is 5. The second kappa shape index (κ2) is 6.99. The first kappa shape index (κ1) is 17.5. The summed E-state index contributed by atoms with van der Waals surface area (Å²) in [6.45, 7) is 9.51. The molecular weight excluding hydrogens is 342 g/mol. The largest absolute Gasteiger partial charge is 0.369 e. The molecule has 0 spiro atoms. The molecular formula is C20H27N5S. The summed E-state index contributed by atoms with van der Waals surface area (Å²) in [5.74, 6) is 2.33. The minimum Gasteiger partial charge on any atom is -0.369 e. The van der Waals surface area contributed by atoms with Crippen LogP contribution < -0.4 is 5.32 Å². The average Bonchev–Trinajstić information content (AvgIpc) is 3.13. The fraction of sp³-hybridized carbons (Fsp3) is 0.550. The van der Waals surface area contributed by atoms with Gasteiger partial charge in [0.25, 0.3) is 5.95 Å². The normalized spacial score (nSPS) is 14.2. The fourth-order valence-electron chi connectivity index (χ4n) is 3.68. The lowest BCUT2D eigenvalue weighted by Gasteiger charge is -2.14. The third-order valence-electron chi connectivity index (χ3n) is 5.02. The lowest BCUT2D eigenvalue weighted by Crippen LogP contribution is -2.11. The van der Waals surface area contributed by atoms with Crippen molar-refractivity contribution < 1.29 is 0 Å². The number of nitrogens with one attached hydrogen (secondary N) is 1. The van der Waals surface area contributed by atoms with Gasteiger partial charge in [-0.3, -0.25) is 0 Å². The first-order valence-corrected chi connectivity index (χ1v) is 10.4. The van der Waals surface area contributed by atoms with Gasteiger partial charge in [-0.15, -0.1) is 11.3 Å². The molecule has 0 fully saturated rings. The zero-order valence-corrected chi connectivity index (χ0v) is 16.9. The number of aromatic nitrogens is 4. The van der Waals surface area contributed by atoms with Gasteiger partial charge in [0.05, 0.1) is 11.1 Å². The van der Waals surface area contributed by atoms with Gasteiger partial charge in [-0.25, -0.2) is 4.68 Å². The van der Waals surface area contributed by atoms with Crippen molar-refractivity contribution in [2.45, 2.75) is 59.8 Å². The van der Waals surface area contributed by atoms with Gasteiger partial charge in [0.2, 0.25) is 0 Å². The van der Waals surface area contributed by atoms with E-state index in [-0.39, 0.29) is 0 Å². The van der Waals surface area contributed by atoms with E-state index in [0.29, 0.717) is 11.9 Å². The van der Waals surface area contributed by atoms with E-state index in [1.54, 1.807) is 0 Å². The molecule has 0 saturated heterocycles. The highest BCUT2D eigenvalue weighted by Gasteiger charge is 2.22. The van der Waals surface area contributed by atoms with Crippen molar-refractivity contribution in [1.82, 2.24) is 19.7 Å². The molecule has 3 heterocycles. The van der Waals surface area contributed by atoms with Gasteiger partial charge >= 0.3 is 0 Å². The number of nitrogens with zero attached hydrogens (tertiary/aromatic N) is 4. The van der Waals surface area contributed by atoms with Crippen LogP contribution in [0.15, 0.2) is 6.07 Å². The Hall–Kier alpha value is -1.95. The monoisotopic (exact) mass is 369 g/mol. The highest BCUT2D eigenvalue weighted by atomic mass is 32.1. The summed E-state index contributed by atoms with van der Waals surface area (Å²) in [5.41, 5.74) is 3.53. The van der Waals surface area contributed by atoms with E-state index >= 15 is 0 Å². The molecule has 0 bridgehead atoms. The average molecular weight is 370 g/mol. The number of rotatable bonds is 5. The van der Waals surface area contributed by atoms with Crippen LogP contribution in [0.25, 0.3) is 16.2 Å². The molecule has 0 saturated carbocycles. The topological polar surface area (TPSA) is 55.6 Å². The molecule has 1 aliphatic carbocycles. The first-order valence-electron chi connectivity index (χ1n) is 9.62. The van der Waals surface area contributed by atoms with Gasteiger partial charge in [0, 0.05) is 17.1 Å². The van der Waals surface area contributed by atoms with Gasteiger partial charge in [-0.2, -0.15) is 15.1 Å². The molecule has 0 unspecified atom stereocenters. The predicted octanol–water partition coefficient (Wildman–Crippen LogP) is 4.83. The Balaban J connectivity index is 1.83. The molecule has 6 heteroatoms. The van der Waals surface area contributed by atoms with Crippen LogP contribution in [0.3, 0.4) is 0 Å². The highest BCUT2D eigenvalue weighted by molar-refractivity contribution is 7.19. The van der Waals surface area contributed by atoms with Gasteiger partial charge in [0.15, 0.2) is 0 Å². The highest BCUT2D eigenvalue weighted by Crippen LogP contribution is 2.39. The molecule has 0 amide bonds. The molecule has 0 atom stereocenters. The van der Waals surface area contributed by atoms with E-state index in [1.165, 1.54) is 35.1 Å². The predicted molar refractivity (Wildman–Crippen MR) is 109 cm³/mol. The Labute approximate surface area is 158 Å². The van der Waals surface area contributed by atoms with E-state index in [0.717, 1.165) is 41.4 Å². The van der Waals surface area contributed by atoms with E-state index in [2.05, 4.69) is 37.3 Å². The summed E-state index contributed by atoms with van der Waals surface area (Å²) in [5, 5.41) is 9.44. The Morgan fingerprint density at radius 1 is 1.19 bits per heavy atom. The summed E-state index contributed by atoms with van der Waals surface area (Å²) >= 11 is 1.84. The van der Waals surface area contributed by atoms with Crippen LogP contribution in [0, 0.1) is 19.8 Å². The van der Waals surface area contributed by atoms with Gasteiger partial charge in [-0.1, -0.05) is 13.8 Å². The standard InChI is InChI=1S/C20H27N5S/c1-12(2)9-10-21-18-17-15-7-5-6-8-16(15)26-19(17)23-20(22-18)25-14(4)11-13(3)24-25/h11-12H,5-10H2,1-4H3,(H,21,22,23). The summed E-state index contributed by atoms with van der Waals surface area (Å²) in [6, 6.07) is 2.07. The van der Waals surface area contributed by atoms with Crippen LogP contribution in [0.4, 0.5) is 5.82 Å². The Morgan fingerprint density at radius 2 is 2.00 bits per heavy atom. The summed E-state index contributed by atoms with van der Waals surface area (Å²) in [7, 11) is 0. The van der Waals surface area contributed by atoms with Crippen molar-refractivity contribution in [3.8, 4) is 5.95 Å². The van der Waals surface area contributed by atoms with E-state index < -0.39 is 0 Å². The van der Waals surface area contributed by atoms with Crippen LogP contribution in [-0.4, -0.2) is 26.3 Å². The lowest BCUT2D eigenvalue weighted by molar-refractivity contribution is 0.606. The second-order valence-electron chi connectivity index (χ2n) is 7.71. The molecule has 0 radical (unpaired) electrons. The third-order valence-corrected chi connectivity index (χ3v) is 6.20. The molecule has 26 heavy (non-hydrogen) atoms. The molecule has 4 rings (SSSR count). The van der Waals surface area contributed by atoms with Gasteiger partial charge in [-0.05, 0) is 63.5 Å². The molecule has 0 aliphatic heterocycles. The summed E-state index contributed by atoms with van der Waals surface area (Å²) in [6.07, 6.45) is 6.01. The van der Waals surface area contributed by atoms with E-state index in [9.17, 15) is 0 Å². The maximum Gasteiger partial charge on any atom is 0.254 e. The minimum atomic E-state index is 0.673. The number of aryl methyl sites for hydroxylation is 4. The fourth-order valence-corrected chi connectivity index (χ4v) is 4.94.